The van der Waals surface area contributed by atoms with Gasteiger partial charge in [-0.05, 0) is 37.5 Å². The molecule has 0 aromatic rings. The molecule has 0 spiro atoms. The summed E-state index contributed by atoms with van der Waals surface area (Å²) in [4.78, 5) is 0. The van der Waals surface area contributed by atoms with Crippen molar-refractivity contribution in [3.63, 3.8) is 0 Å². The Hall–Kier alpha value is -0.700. The molecule has 0 aromatic heterocycles. The summed E-state index contributed by atoms with van der Waals surface area (Å²) in [6.45, 7) is 0. The predicted molar refractivity (Wildman–Crippen MR) is 75.0 cm³/mol. The third-order valence-electron chi connectivity index (χ3n) is 5.16. The third kappa shape index (κ3) is 2.51. The third-order valence-corrected chi connectivity index (χ3v) is 5.16. The number of aliphatic hydroxyl groups is 1. The Morgan fingerprint density at radius 2 is 1.28 bits per heavy atom. The van der Waals surface area contributed by atoms with Crippen molar-refractivity contribution in [3.8, 4) is 0 Å². The number of nitrogens with two attached hydrogens (primary N) is 2. The molecule has 5 N–H and O–H groups in total. The fourth-order valence-electron chi connectivity index (χ4n) is 4.06. The van der Waals surface area contributed by atoms with E-state index in [0.717, 1.165) is 25.7 Å². The molecule has 104 valence electrons. The quantitative estimate of drug-likeness (QED) is 0.675. The van der Waals surface area contributed by atoms with Crippen LogP contribution in [-0.4, -0.2) is 10.6 Å². The summed E-state index contributed by atoms with van der Waals surface area (Å²) >= 11 is 0. The Morgan fingerprint density at radius 1 is 0.889 bits per heavy atom. The van der Waals surface area contributed by atoms with Gasteiger partial charge < -0.3 is 16.6 Å². The smallest absolute Gasteiger partial charge is 0.128 e. The van der Waals surface area contributed by atoms with Crippen LogP contribution in [0, 0.1) is 11.8 Å². The SMILES string of the molecule is NC=C(O)C(N)(C1CCCCC1)C1CCCCC1. The minimum absolute atomic E-state index is 0.237. The molecule has 0 amide bonds. The average molecular weight is 252 g/mol. The zero-order chi connectivity index (χ0) is 13.0. The van der Waals surface area contributed by atoms with Gasteiger partial charge in [0.2, 0.25) is 0 Å². The second-order valence-electron chi connectivity index (χ2n) is 6.15. The van der Waals surface area contributed by atoms with Gasteiger partial charge in [-0.25, -0.2) is 0 Å². The molecule has 2 saturated carbocycles. The lowest BCUT2D eigenvalue weighted by molar-refractivity contribution is 0.0942. The van der Waals surface area contributed by atoms with E-state index in [1.165, 1.54) is 44.7 Å². The van der Waals surface area contributed by atoms with E-state index in [2.05, 4.69) is 0 Å². The minimum Gasteiger partial charge on any atom is -0.509 e. The van der Waals surface area contributed by atoms with Gasteiger partial charge in [0.15, 0.2) is 0 Å². The molecule has 0 radical (unpaired) electrons. The highest BCUT2D eigenvalue weighted by Crippen LogP contribution is 2.44. The molecule has 0 aromatic carbocycles. The van der Waals surface area contributed by atoms with E-state index in [1.54, 1.807) is 0 Å². The Bertz CT molecular complexity index is 271. The van der Waals surface area contributed by atoms with Crippen molar-refractivity contribution in [2.45, 2.75) is 69.7 Å². The predicted octanol–water partition coefficient (Wildman–Crippen LogP) is 3.20. The van der Waals surface area contributed by atoms with Gasteiger partial charge in [0.05, 0.1) is 5.54 Å². The summed E-state index contributed by atoms with van der Waals surface area (Å²) in [6.07, 6.45) is 13.5. The van der Waals surface area contributed by atoms with E-state index >= 15 is 0 Å². The van der Waals surface area contributed by atoms with E-state index in [4.69, 9.17) is 11.5 Å². The normalized spacial score (nSPS) is 25.3. The highest BCUT2D eigenvalue weighted by molar-refractivity contribution is 5.17. The van der Waals surface area contributed by atoms with Gasteiger partial charge in [0.1, 0.15) is 5.76 Å². The lowest BCUT2D eigenvalue weighted by Crippen LogP contribution is -2.56. The summed E-state index contributed by atoms with van der Waals surface area (Å²) in [7, 11) is 0. The summed E-state index contributed by atoms with van der Waals surface area (Å²) in [6, 6.07) is 0. The summed E-state index contributed by atoms with van der Waals surface area (Å²) < 4.78 is 0. The molecule has 0 atom stereocenters. The molecule has 18 heavy (non-hydrogen) atoms. The lowest BCUT2D eigenvalue weighted by Gasteiger charge is -2.46. The van der Waals surface area contributed by atoms with Crippen molar-refractivity contribution in [2.24, 2.45) is 23.3 Å². The fourth-order valence-corrected chi connectivity index (χ4v) is 4.06. The van der Waals surface area contributed by atoms with Crippen LogP contribution in [0.3, 0.4) is 0 Å². The molecular weight excluding hydrogens is 224 g/mol. The molecule has 0 aliphatic heterocycles. The topological polar surface area (TPSA) is 72.3 Å². The molecule has 2 aliphatic carbocycles. The Morgan fingerprint density at radius 3 is 1.61 bits per heavy atom. The first-order valence-corrected chi connectivity index (χ1v) is 7.59. The van der Waals surface area contributed by atoms with Gasteiger partial charge in [-0.2, -0.15) is 0 Å². The van der Waals surface area contributed by atoms with E-state index < -0.39 is 5.54 Å². The summed E-state index contributed by atoms with van der Waals surface area (Å²) in [5.74, 6) is 1.06. The first-order chi connectivity index (χ1) is 8.69. The van der Waals surface area contributed by atoms with Gasteiger partial charge in [0, 0.05) is 6.20 Å². The molecule has 3 heteroatoms. The number of rotatable bonds is 3. The molecular formula is C15H28N2O. The van der Waals surface area contributed by atoms with Gasteiger partial charge in [-0.1, -0.05) is 38.5 Å². The second kappa shape index (κ2) is 5.96. The van der Waals surface area contributed by atoms with Gasteiger partial charge in [-0.15, -0.1) is 0 Å². The largest absolute Gasteiger partial charge is 0.509 e. The Balaban J connectivity index is 2.20. The zero-order valence-electron chi connectivity index (χ0n) is 11.4. The molecule has 2 rings (SSSR count). The lowest BCUT2D eigenvalue weighted by atomic mass is 9.64. The van der Waals surface area contributed by atoms with Crippen LogP contribution in [0.4, 0.5) is 0 Å². The van der Waals surface area contributed by atoms with E-state index in [1.807, 2.05) is 0 Å². The first-order valence-electron chi connectivity index (χ1n) is 7.59. The number of hydrogen-bond acceptors (Lipinski definition) is 3. The van der Waals surface area contributed by atoms with E-state index in [-0.39, 0.29) is 5.76 Å². The molecule has 2 fully saturated rings. The van der Waals surface area contributed by atoms with Gasteiger partial charge >= 0.3 is 0 Å². The molecule has 2 aliphatic rings. The second-order valence-corrected chi connectivity index (χ2v) is 6.15. The molecule has 0 unspecified atom stereocenters. The van der Waals surface area contributed by atoms with E-state index in [0.29, 0.717) is 11.8 Å². The van der Waals surface area contributed by atoms with Crippen LogP contribution in [0.25, 0.3) is 0 Å². The fraction of sp³-hybridized carbons (Fsp3) is 0.867. The van der Waals surface area contributed by atoms with Crippen molar-refractivity contribution in [1.82, 2.24) is 0 Å². The van der Waals surface area contributed by atoms with Crippen LogP contribution < -0.4 is 11.5 Å². The first kappa shape index (κ1) is 13.7. The molecule has 3 nitrogen and oxygen atoms in total. The maximum Gasteiger partial charge on any atom is 0.128 e. The Labute approximate surface area is 111 Å². The van der Waals surface area contributed by atoms with Crippen LogP contribution >= 0.6 is 0 Å². The molecule has 0 bridgehead atoms. The van der Waals surface area contributed by atoms with Crippen molar-refractivity contribution in [1.29, 1.82) is 0 Å². The summed E-state index contributed by atoms with van der Waals surface area (Å²) in [5, 5.41) is 10.3. The van der Waals surface area contributed by atoms with Crippen molar-refractivity contribution >= 4 is 0 Å². The number of hydrogen-bond donors (Lipinski definition) is 3. The van der Waals surface area contributed by atoms with Crippen LogP contribution in [0.15, 0.2) is 12.0 Å². The average Bonchev–Trinajstić information content (AvgIpc) is 2.47. The van der Waals surface area contributed by atoms with Crippen molar-refractivity contribution in [2.75, 3.05) is 0 Å². The highest BCUT2D eigenvalue weighted by atomic mass is 16.3. The monoisotopic (exact) mass is 252 g/mol. The van der Waals surface area contributed by atoms with Crippen LogP contribution in [0.1, 0.15) is 64.2 Å². The maximum atomic E-state index is 10.3. The minimum atomic E-state index is -0.560. The maximum absolute atomic E-state index is 10.3. The number of aliphatic hydroxyl groups excluding tert-OH is 1. The standard InChI is InChI=1S/C15H28N2O/c16-11-14(18)15(17,12-7-3-1-4-8-12)13-9-5-2-6-10-13/h11-13,18H,1-10,16-17H2. The van der Waals surface area contributed by atoms with Gasteiger partial charge in [0.25, 0.3) is 0 Å². The molecule has 0 saturated heterocycles. The van der Waals surface area contributed by atoms with Crippen LogP contribution in [0.2, 0.25) is 0 Å². The van der Waals surface area contributed by atoms with E-state index in [9.17, 15) is 5.11 Å². The highest BCUT2D eigenvalue weighted by Gasteiger charge is 2.45. The van der Waals surface area contributed by atoms with Gasteiger partial charge in [-0.3, -0.25) is 0 Å². The van der Waals surface area contributed by atoms with Crippen molar-refractivity contribution in [3.05, 3.63) is 12.0 Å². The van der Waals surface area contributed by atoms with Crippen LogP contribution in [-0.2, 0) is 0 Å². The van der Waals surface area contributed by atoms with Crippen LogP contribution in [0.5, 0.6) is 0 Å². The molecule has 0 heterocycles. The van der Waals surface area contributed by atoms with Crippen molar-refractivity contribution < 1.29 is 5.11 Å². The zero-order valence-corrected chi connectivity index (χ0v) is 11.4. The summed E-state index contributed by atoms with van der Waals surface area (Å²) in [5.41, 5.74) is 11.7. The Kier molecular flexibility index (Phi) is 4.55.